The summed E-state index contributed by atoms with van der Waals surface area (Å²) in [5.41, 5.74) is 3.93. The molecule has 5 nitrogen and oxygen atoms in total. The number of methoxy groups -OCH3 is 1. The van der Waals surface area contributed by atoms with Crippen LogP contribution in [0.4, 0.5) is 0 Å². The molecule has 1 atom stereocenters. The van der Waals surface area contributed by atoms with Crippen molar-refractivity contribution in [2.45, 2.75) is 38.0 Å². The van der Waals surface area contributed by atoms with E-state index in [1.165, 1.54) is 11.1 Å². The number of ether oxygens (including phenoxy) is 1. The average Bonchev–Trinajstić information content (AvgIpc) is 3.01. The Kier molecular flexibility index (Phi) is 5.94. The van der Waals surface area contributed by atoms with E-state index in [0.717, 1.165) is 16.7 Å². The predicted molar refractivity (Wildman–Crippen MR) is 113 cm³/mol. The Bertz CT molecular complexity index is 1110. The zero-order valence-electron chi connectivity index (χ0n) is 17.0. The van der Waals surface area contributed by atoms with Crippen molar-refractivity contribution in [2.75, 3.05) is 7.11 Å². The second-order valence-corrected chi connectivity index (χ2v) is 8.94. The van der Waals surface area contributed by atoms with Gasteiger partial charge < -0.3 is 4.74 Å². The molecule has 0 fully saturated rings. The van der Waals surface area contributed by atoms with E-state index in [2.05, 4.69) is 0 Å². The van der Waals surface area contributed by atoms with Gasteiger partial charge >= 0.3 is 5.97 Å². The van der Waals surface area contributed by atoms with Crippen molar-refractivity contribution >= 4 is 16.0 Å². The smallest absolute Gasteiger partial charge is 0.306 e. The minimum Gasteiger partial charge on any atom is -0.469 e. The van der Waals surface area contributed by atoms with Crippen LogP contribution in [-0.2, 0) is 19.6 Å². The monoisotopic (exact) mass is 411 g/mol. The third kappa shape index (κ3) is 4.12. The molecule has 0 aliphatic heterocycles. The number of hydrogen-bond acceptors (Lipinski definition) is 4. The Hall–Kier alpha value is -2.86. The van der Waals surface area contributed by atoms with Gasteiger partial charge in [0.05, 0.1) is 18.4 Å². The Morgan fingerprint density at radius 2 is 1.62 bits per heavy atom. The molecule has 0 saturated carbocycles. The summed E-state index contributed by atoms with van der Waals surface area (Å²) in [7, 11) is -2.39. The van der Waals surface area contributed by atoms with Crippen LogP contribution in [0, 0.1) is 20.8 Å². The lowest BCUT2D eigenvalue weighted by atomic mass is 9.88. The third-order valence-electron chi connectivity index (χ3n) is 5.14. The van der Waals surface area contributed by atoms with Crippen molar-refractivity contribution < 1.29 is 17.9 Å². The van der Waals surface area contributed by atoms with Crippen molar-refractivity contribution in [1.29, 1.82) is 0 Å². The van der Waals surface area contributed by atoms with Gasteiger partial charge in [0.1, 0.15) is 0 Å². The Balaban J connectivity index is 2.14. The van der Waals surface area contributed by atoms with Gasteiger partial charge in [-0.1, -0.05) is 48.0 Å². The molecule has 0 radical (unpaired) electrons. The lowest BCUT2D eigenvalue weighted by molar-refractivity contribution is -0.140. The fourth-order valence-electron chi connectivity index (χ4n) is 3.65. The molecular formula is C23H25NO4S. The zero-order valence-corrected chi connectivity index (χ0v) is 17.9. The summed E-state index contributed by atoms with van der Waals surface area (Å²) >= 11 is 0. The molecule has 3 aromatic rings. The van der Waals surface area contributed by atoms with Crippen LogP contribution in [0.25, 0.3) is 0 Å². The number of rotatable bonds is 6. The second kappa shape index (κ2) is 8.25. The Morgan fingerprint density at radius 3 is 2.21 bits per heavy atom. The minimum absolute atomic E-state index is 0.134. The first-order valence-corrected chi connectivity index (χ1v) is 10.8. The van der Waals surface area contributed by atoms with Crippen LogP contribution in [0.1, 0.15) is 40.4 Å². The number of aromatic nitrogens is 1. The highest BCUT2D eigenvalue weighted by molar-refractivity contribution is 7.90. The summed E-state index contributed by atoms with van der Waals surface area (Å²) in [6.45, 7) is 5.46. The van der Waals surface area contributed by atoms with Crippen molar-refractivity contribution in [1.82, 2.24) is 3.97 Å². The molecule has 0 N–H and O–H groups in total. The molecule has 29 heavy (non-hydrogen) atoms. The standard InChI is InChI=1S/C23H25NO4S/c1-16-10-12-20(13-11-16)29(26,27)24-17(2)14-21(18(24)3)22(15-23(25)28-4)19-8-6-5-7-9-19/h5-14,22H,15H2,1-4H3. The number of nitrogens with zero attached hydrogens (tertiary/aromatic N) is 1. The Labute approximate surface area is 172 Å². The highest BCUT2D eigenvalue weighted by atomic mass is 32.2. The van der Waals surface area contributed by atoms with Crippen LogP contribution in [-0.4, -0.2) is 25.5 Å². The van der Waals surface area contributed by atoms with Crippen LogP contribution in [0.2, 0.25) is 0 Å². The van der Waals surface area contributed by atoms with Crippen LogP contribution in [0.3, 0.4) is 0 Å². The van der Waals surface area contributed by atoms with Crippen LogP contribution in [0.15, 0.2) is 65.6 Å². The van der Waals surface area contributed by atoms with E-state index in [0.29, 0.717) is 11.4 Å². The quantitative estimate of drug-likeness (QED) is 0.566. The van der Waals surface area contributed by atoms with Gasteiger partial charge in [-0.3, -0.25) is 4.79 Å². The number of aryl methyl sites for hydroxylation is 2. The first-order chi connectivity index (χ1) is 13.8. The predicted octanol–water partition coefficient (Wildman–Crippen LogP) is 4.35. The van der Waals surface area contributed by atoms with E-state index in [4.69, 9.17) is 4.74 Å². The molecule has 0 aliphatic rings. The normalized spacial score (nSPS) is 12.6. The molecule has 1 unspecified atom stereocenters. The maximum atomic E-state index is 13.3. The molecule has 6 heteroatoms. The highest BCUT2D eigenvalue weighted by Crippen LogP contribution is 2.34. The number of esters is 1. The van der Waals surface area contributed by atoms with E-state index >= 15 is 0 Å². The summed E-state index contributed by atoms with van der Waals surface area (Å²) in [6.07, 6.45) is 0.134. The van der Waals surface area contributed by atoms with Gasteiger partial charge in [0.25, 0.3) is 10.0 Å². The van der Waals surface area contributed by atoms with Crippen LogP contribution < -0.4 is 0 Å². The lowest BCUT2D eigenvalue weighted by Crippen LogP contribution is -2.17. The molecule has 0 spiro atoms. The average molecular weight is 412 g/mol. The summed E-state index contributed by atoms with van der Waals surface area (Å²) in [5.74, 6) is -0.637. The number of hydrogen-bond donors (Lipinski definition) is 0. The SMILES string of the molecule is COC(=O)CC(c1ccccc1)c1cc(C)n(S(=O)(=O)c2ccc(C)cc2)c1C. The fraction of sp³-hybridized carbons (Fsp3) is 0.261. The van der Waals surface area contributed by atoms with E-state index < -0.39 is 10.0 Å². The molecule has 0 aliphatic carbocycles. The molecule has 0 amide bonds. The van der Waals surface area contributed by atoms with Gasteiger partial charge in [0.2, 0.25) is 0 Å². The zero-order chi connectivity index (χ0) is 21.2. The maximum absolute atomic E-state index is 13.3. The largest absolute Gasteiger partial charge is 0.469 e. The fourth-order valence-corrected chi connectivity index (χ4v) is 5.24. The molecule has 0 saturated heterocycles. The highest BCUT2D eigenvalue weighted by Gasteiger charge is 2.28. The van der Waals surface area contributed by atoms with Gasteiger partial charge in [0, 0.05) is 17.3 Å². The molecule has 1 heterocycles. The lowest BCUT2D eigenvalue weighted by Gasteiger charge is -2.18. The van der Waals surface area contributed by atoms with Crippen molar-refractivity contribution in [3.63, 3.8) is 0 Å². The minimum atomic E-state index is -3.75. The number of carbonyl (C=O) groups excluding carboxylic acids is 1. The summed E-state index contributed by atoms with van der Waals surface area (Å²) in [5, 5.41) is 0. The van der Waals surface area contributed by atoms with E-state index in [9.17, 15) is 13.2 Å². The first kappa shape index (κ1) is 20.9. The first-order valence-electron chi connectivity index (χ1n) is 9.38. The van der Waals surface area contributed by atoms with E-state index in [-0.39, 0.29) is 23.2 Å². The van der Waals surface area contributed by atoms with Gasteiger partial charge in [0.15, 0.2) is 0 Å². The van der Waals surface area contributed by atoms with Crippen molar-refractivity contribution in [2.24, 2.45) is 0 Å². The number of benzene rings is 2. The van der Waals surface area contributed by atoms with E-state index in [1.807, 2.05) is 43.3 Å². The molecule has 2 aromatic carbocycles. The second-order valence-electron chi connectivity index (χ2n) is 7.15. The van der Waals surface area contributed by atoms with Crippen molar-refractivity contribution in [3.8, 4) is 0 Å². The topological polar surface area (TPSA) is 65.4 Å². The summed E-state index contributed by atoms with van der Waals surface area (Å²) in [6, 6.07) is 18.2. The summed E-state index contributed by atoms with van der Waals surface area (Å²) < 4.78 is 32.9. The Morgan fingerprint density at radius 1 is 1.00 bits per heavy atom. The summed E-state index contributed by atoms with van der Waals surface area (Å²) in [4.78, 5) is 12.3. The molecule has 152 valence electrons. The van der Waals surface area contributed by atoms with Gasteiger partial charge in [-0.05, 0) is 50.1 Å². The molecule has 0 bridgehead atoms. The van der Waals surface area contributed by atoms with Crippen LogP contribution >= 0.6 is 0 Å². The number of carbonyl (C=O) groups is 1. The molecular weight excluding hydrogens is 386 g/mol. The van der Waals surface area contributed by atoms with Crippen LogP contribution in [0.5, 0.6) is 0 Å². The van der Waals surface area contributed by atoms with Gasteiger partial charge in [-0.15, -0.1) is 0 Å². The third-order valence-corrected chi connectivity index (χ3v) is 7.05. The van der Waals surface area contributed by atoms with Crippen molar-refractivity contribution in [3.05, 3.63) is 88.7 Å². The molecule has 1 aromatic heterocycles. The van der Waals surface area contributed by atoms with E-state index in [1.54, 1.807) is 38.1 Å². The van der Waals surface area contributed by atoms with Gasteiger partial charge in [-0.2, -0.15) is 0 Å². The van der Waals surface area contributed by atoms with Gasteiger partial charge in [-0.25, -0.2) is 12.4 Å². The maximum Gasteiger partial charge on any atom is 0.306 e. The molecule has 3 rings (SSSR count).